The van der Waals surface area contributed by atoms with Crippen molar-refractivity contribution in [2.75, 3.05) is 11.3 Å². The van der Waals surface area contributed by atoms with Crippen molar-refractivity contribution >= 4 is 21.4 Å². The van der Waals surface area contributed by atoms with Crippen LogP contribution in [0.25, 0.3) is 16.9 Å². The Morgan fingerprint density at radius 1 is 1.07 bits per heavy atom. The van der Waals surface area contributed by atoms with Gasteiger partial charge in [0, 0.05) is 18.0 Å². The number of fused-ring (bicyclic) bond motifs is 1. The number of rotatable bonds is 6. The number of nitrogens with zero attached hydrogens (tertiary/aromatic N) is 2. The molecule has 0 bridgehead atoms. The molecule has 2 aromatic heterocycles. The number of hydrogen-bond donors (Lipinski definition) is 1. The maximum Gasteiger partial charge on any atom is 0.261 e. The molecular weight excluding hydrogens is 386 g/mol. The minimum atomic E-state index is -3.77. The molecule has 0 radical (unpaired) electrons. The Kier molecular flexibility index (Phi) is 4.98. The van der Waals surface area contributed by atoms with Gasteiger partial charge in [-0.2, -0.15) is 0 Å². The van der Waals surface area contributed by atoms with Crippen LogP contribution in [0.2, 0.25) is 0 Å². The lowest BCUT2D eigenvalue weighted by Crippen LogP contribution is -2.14. The van der Waals surface area contributed by atoms with Gasteiger partial charge in [-0.1, -0.05) is 24.3 Å². The number of sulfonamides is 1. The van der Waals surface area contributed by atoms with Crippen LogP contribution in [-0.2, 0) is 10.0 Å². The van der Waals surface area contributed by atoms with Crippen LogP contribution in [0.3, 0.4) is 0 Å². The SMILES string of the molecule is CCOc1ccc(S(=O)(=O)Nc2ccccc2-c2cn3ccccc3n2)cc1C. The minimum absolute atomic E-state index is 0.184. The van der Waals surface area contributed by atoms with E-state index in [-0.39, 0.29) is 4.90 Å². The highest BCUT2D eigenvalue weighted by Gasteiger charge is 2.18. The van der Waals surface area contributed by atoms with Gasteiger partial charge in [0.05, 0.1) is 22.9 Å². The van der Waals surface area contributed by atoms with Gasteiger partial charge in [-0.05, 0) is 55.8 Å². The Labute approximate surface area is 169 Å². The third kappa shape index (κ3) is 3.82. The van der Waals surface area contributed by atoms with E-state index in [1.165, 1.54) is 0 Å². The number of benzene rings is 2. The zero-order valence-corrected chi connectivity index (χ0v) is 17.0. The van der Waals surface area contributed by atoms with E-state index in [2.05, 4.69) is 9.71 Å². The van der Waals surface area contributed by atoms with Gasteiger partial charge >= 0.3 is 0 Å². The van der Waals surface area contributed by atoms with E-state index in [0.717, 1.165) is 11.2 Å². The van der Waals surface area contributed by atoms with Crippen LogP contribution in [0, 0.1) is 6.92 Å². The van der Waals surface area contributed by atoms with E-state index in [9.17, 15) is 8.42 Å². The first-order chi connectivity index (χ1) is 14.0. The second-order valence-electron chi connectivity index (χ2n) is 6.60. The highest BCUT2D eigenvalue weighted by molar-refractivity contribution is 7.92. The van der Waals surface area contributed by atoms with Crippen molar-refractivity contribution in [3.63, 3.8) is 0 Å². The van der Waals surface area contributed by atoms with Gasteiger partial charge in [-0.15, -0.1) is 0 Å². The van der Waals surface area contributed by atoms with E-state index in [1.807, 2.05) is 61.0 Å². The maximum atomic E-state index is 13.0. The standard InChI is InChI=1S/C22H21N3O3S/c1-3-28-21-12-11-17(14-16(21)2)29(26,27)24-19-9-5-4-8-18(19)20-15-25-13-7-6-10-22(25)23-20/h4-15,24H,3H2,1-2H3. The van der Waals surface area contributed by atoms with Gasteiger partial charge in [0.25, 0.3) is 10.0 Å². The fourth-order valence-corrected chi connectivity index (χ4v) is 4.33. The Morgan fingerprint density at radius 2 is 1.86 bits per heavy atom. The summed E-state index contributed by atoms with van der Waals surface area (Å²) in [7, 11) is -3.77. The van der Waals surface area contributed by atoms with Crippen molar-refractivity contribution in [2.24, 2.45) is 0 Å². The van der Waals surface area contributed by atoms with Crippen LogP contribution in [0.15, 0.2) is 78.0 Å². The molecule has 0 saturated carbocycles. The Morgan fingerprint density at radius 3 is 2.62 bits per heavy atom. The van der Waals surface area contributed by atoms with E-state index in [1.54, 1.807) is 30.3 Å². The van der Waals surface area contributed by atoms with Crippen molar-refractivity contribution < 1.29 is 13.2 Å². The summed E-state index contributed by atoms with van der Waals surface area (Å²) in [6.07, 6.45) is 3.78. The highest BCUT2D eigenvalue weighted by atomic mass is 32.2. The van der Waals surface area contributed by atoms with E-state index in [0.29, 0.717) is 29.3 Å². The van der Waals surface area contributed by atoms with Crippen LogP contribution in [-0.4, -0.2) is 24.4 Å². The molecule has 0 aliphatic carbocycles. The molecule has 1 N–H and O–H groups in total. The van der Waals surface area contributed by atoms with Crippen molar-refractivity contribution in [1.82, 2.24) is 9.38 Å². The quantitative estimate of drug-likeness (QED) is 0.510. The molecular formula is C22H21N3O3S. The molecule has 0 saturated heterocycles. The lowest BCUT2D eigenvalue weighted by atomic mass is 10.1. The minimum Gasteiger partial charge on any atom is -0.494 e. The number of nitrogens with one attached hydrogen (secondary N) is 1. The molecule has 2 aromatic carbocycles. The van der Waals surface area contributed by atoms with Gasteiger partial charge in [-0.25, -0.2) is 13.4 Å². The number of imidazole rings is 1. The number of hydrogen-bond acceptors (Lipinski definition) is 4. The number of anilines is 1. The lowest BCUT2D eigenvalue weighted by molar-refractivity contribution is 0.337. The van der Waals surface area contributed by atoms with Crippen LogP contribution in [0.1, 0.15) is 12.5 Å². The molecule has 4 rings (SSSR count). The average Bonchev–Trinajstić information content (AvgIpc) is 3.14. The fraction of sp³-hybridized carbons (Fsp3) is 0.136. The molecule has 4 aromatic rings. The molecule has 148 valence electrons. The smallest absolute Gasteiger partial charge is 0.261 e. The lowest BCUT2D eigenvalue weighted by Gasteiger charge is -2.13. The molecule has 0 fully saturated rings. The van der Waals surface area contributed by atoms with E-state index < -0.39 is 10.0 Å². The molecule has 6 nitrogen and oxygen atoms in total. The van der Waals surface area contributed by atoms with Gasteiger partial charge in [-0.3, -0.25) is 4.72 Å². The van der Waals surface area contributed by atoms with E-state index in [4.69, 9.17) is 4.74 Å². The first-order valence-corrected chi connectivity index (χ1v) is 10.8. The van der Waals surface area contributed by atoms with Crippen LogP contribution >= 0.6 is 0 Å². The predicted molar refractivity (Wildman–Crippen MR) is 114 cm³/mol. The molecule has 0 amide bonds. The van der Waals surface area contributed by atoms with Crippen molar-refractivity contribution in [3.05, 3.63) is 78.6 Å². The summed E-state index contributed by atoms with van der Waals surface area (Å²) in [5.74, 6) is 0.677. The molecule has 7 heteroatoms. The highest BCUT2D eigenvalue weighted by Crippen LogP contribution is 2.30. The number of para-hydroxylation sites is 1. The average molecular weight is 407 g/mol. The van der Waals surface area contributed by atoms with Crippen molar-refractivity contribution in [1.29, 1.82) is 0 Å². The van der Waals surface area contributed by atoms with Crippen LogP contribution in [0.4, 0.5) is 5.69 Å². The molecule has 0 unspecified atom stereocenters. The fourth-order valence-electron chi connectivity index (χ4n) is 3.17. The second-order valence-corrected chi connectivity index (χ2v) is 8.29. The first kappa shape index (κ1) is 19.0. The number of aromatic nitrogens is 2. The van der Waals surface area contributed by atoms with Crippen LogP contribution in [0.5, 0.6) is 5.75 Å². The third-order valence-electron chi connectivity index (χ3n) is 4.57. The Hall–Kier alpha value is -3.32. The largest absolute Gasteiger partial charge is 0.494 e. The summed E-state index contributed by atoms with van der Waals surface area (Å²) in [5, 5.41) is 0. The van der Waals surface area contributed by atoms with Gasteiger partial charge in [0.15, 0.2) is 0 Å². The molecule has 0 aliphatic rings. The number of ether oxygens (including phenoxy) is 1. The van der Waals surface area contributed by atoms with Gasteiger partial charge < -0.3 is 9.14 Å². The van der Waals surface area contributed by atoms with Crippen molar-refractivity contribution in [3.8, 4) is 17.0 Å². The van der Waals surface area contributed by atoms with Gasteiger partial charge in [0.1, 0.15) is 11.4 Å². The molecule has 2 heterocycles. The second kappa shape index (κ2) is 7.60. The summed E-state index contributed by atoms with van der Waals surface area (Å²) in [6, 6.07) is 17.8. The number of pyridine rings is 1. The Bertz CT molecular complexity index is 1250. The third-order valence-corrected chi connectivity index (χ3v) is 5.93. The summed E-state index contributed by atoms with van der Waals surface area (Å²) >= 11 is 0. The number of aryl methyl sites for hydroxylation is 1. The summed E-state index contributed by atoms with van der Waals surface area (Å²) in [6.45, 7) is 4.24. The van der Waals surface area contributed by atoms with E-state index >= 15 is 0 Å². The first-order valence-electron chi connectivity index (χ1n) is 9.27. The predicted octanol–water partition coefficient (Wildman–Crippen LogP) is 4.51. The summed E-state index contributed by atoms with van der Waals surface area (Å²) in [4.78, 5) is 4.79. The van der Waals surface area contributed by atoms with Crippen LogP contribution < -0.4 is 9.46 Å². The molecule has 0 atom stereocenters. The van der Waals surface area contributed by atoms with Gasteiger partial charge in [0.2, 0.25) is 0 Å². The normalized spacial score (nSPS) is 11.5. The zero-order valence-electron chi connectivity index (χ0n) is 16.2. The topological polar surface area (TPSA) is 72.7 Å². The summed E-state index contributed by atoms with van der Waals surface area (Å²) in [5.41, 5.74) is 3.44. The molecule has 29 heavy (non-hydrogen) atoms. The summed E-state index contributed by atoms with van der Waals surface area (Å²) < 4.78 is 36.1. The zero-order chi connectivity index (χ0) is 20.4. The monoisotopic (exact) mass is 407 g/mol. The molecule has 0 spiro atoms. The van der Waals surface area contributed by atoms with Crippen molar-refractivity contribution in [2.45, 2.75) is 18.7 Å². The Balaban J connectivity index is 1.70. The maximum absolute atomic E-state index is 13.0. The molecule has 0 aliphatic heterocycles.